The molecule has 0 atom stereocenters. The Hall–Kier alpha value is -0.800. The van der Waals surface area contributed by atoms with Crippen molar-refractivity contribution in [1.29, 1.82) is 0 Å². The van der Waals surface area contributed by atoms with Crippen LogP contribution in [0.1, 0.15) is 36.5 Å². The zero-order valence-electron chi connectivity index (χ0n) is 10.9. The van der Waals surface area contributed by atoms with Gasteiger partial charge in [-0.15, -0.1) is 11.8 Å². The molecule has 1 aliphatic rings. The molecule has 2 nitrogen and oxygen atoms in total. The number of hydrogen-bond acceptors (Lipinski definition) is 3. The van der Waals surface area contributed by atoms with E-state index in [-0.39, 0.29) is 0 Å². The van der Waals surface area contributed by atoms with Crippen molar-refractivity contribution < 1.29 is 4.79 Å². The van der Waals surface area contributed by atoms with Gasteiger partial charge in [-0.05, 0) is 49.7 Å². The Labute approximate surface area is 114 Å². The Morgan fingerprint density at radius 3 is 2.56 bits per heavy atom. The molecular formula is C15H21NOS. The smallest absolute Gasteiger partial charge is 0.163 e. The van der Waals surface area contributed by atoms with Crippen molar-refractivity contribution in [2.45, 2.75) is 31.1 Å². The van der Waals surface area contributed by atoms with E-state index in [2.05, 4.69) is 24.4 Å². The highest BCUT2D eigenvalue weighted by Crippen LogP contribution is 2.21. The molecule has 0 aliphatic carbocycles. The van der Waals surface area contributed by atoms with E-state index < -0.39 is 0 Å². The van der Waals surface area contributed by atoms with Crippen LogP contribution < -0.4 is 5.32 Å². The van der Waals surface area contributed by atoms with Crippen molar-refractivity contribution in [1.82, 2.24) is 5.32 Å². The predicted molar refractivity (Wildman–Crippen MR) is 77.4 cm³/mol. The van der Waals surface area contributed by atoms with Crippen molar-refractivity contribution >= 4 is 17.5 Å². The van der Waals surface area contributed by atoms with Crippen LogP contribution in [0.4, 0.5) is 0 Å². The lowest BCUT2D eigenvalue weighted by Crippen LogP contribution is -2.28. The van der Waals surface area contributed by atoms with E-state index in [0.717, 1.165) is 37.2 Å². The molecule has 1 aromatic carbocycles. The molecule has 0 aromatic heterocycles. The molecule has 3 heteroatoms. The average Bonchev–Trinajstić information content (AvgIpc) is 2.41. The summed E-state index contributed by atoms with van der Waals surface area (Å²) in [6.07, 6.45) is 2.98. The van der Waals surface area contributed by atoms with Crippen LogP contribution >= 0.6 is 11.8 Å². The fourth-order valence-corrected chi connectivity index (χ4v) is 3.03. The molecular weight excluding hydrogens is 242 g/mol. The van der Waals surface area contributed by atoms with Gasteiger partial charge in [0, 0.05) is 16.9 Å². The van der Waals surface area contributed by atoms with Gasteiger partial charge < -0.3 is 5.32 Å². The first-order valence-electron chi connectivity index (χ1n) is 6.76. The number of thioether (sulfide) groups is 1. The number of piperidine rings is 1. The fraction of sp³-hybridized carbons (Fsp3) is 0.533. The summed E-state index contributed by atoms with van der Waals surface area (Å²) in [4.78, 5) is 13.4. The van der Waals surface area contributed by atoms with Gasteiger partial charge in [-0.2, -0.15) is 0 Å². The Morgan fingerprint density at radius 1 is 1.28 bits per heavy atom. The van der Waals surface area contributed by atoms with Crippen LogP contribution in [-0.2, 0) is 0 Å². The van der Waals surface area contributed by atoms with Gasteiger partial charge in [-0.1, -0.05) is 19.1 Å². The predicted octanol–water partition coefficient (Wildman–Crippen LogP) is 3.37. The third kappa shape index (κ3) is 3.85. The summed E-state index contributed by atoms with van der Waals surface area (Å²) in [6, 6.07) is 8.07. The summed E-state index contributed by atoms with van der Waals surface area (Å²) in [7, 11) is 0. The second-order valence-corrected chi connectivity index (χ2v) is 6.12. The minimum absolute atomic E-state index is 0.301. The van der Waals surface area contributed by atoms with Gasteiger partial charge in [-0.25, -0.2) is 0 Å². The standard InChI is InChI=1S/C15H21NOS/c1-2-18-14-5-3-13(4-6-14)15(17)11-12-7-9-16-10-8-12/h3-6,12,16H,2,7-11H2,1H3. The maximum Gasteiger partial charge on any atom is 0.163 e. The molecule has 1 saturated heterocycles. The van der Waals surface area contributed by atoms with Crippen LogP contribution in [0, 0.1) is 5.92 Å². The van der Waals surface area contributed by atoms with Gasteiger partial charge in [0.25, 0.3) is 0 Å². The molecule has 0 spiro atoms. The number of rotatable bonds is 5. The Balaban J connectivity index is 1.91. The van der Waals surface area contributed by atoms with Gasteiger partial charge in [0.15, 0.2) is 5.78 Å². The number of carbonyl (C=O) groups is 1. The minimum Gasteiger partial charge on any atom is -0.317 e. The molecule has 0 radical (unpaired) electrons. The number of hydrogen-bond donors (Lipinski definition) is 1. The third-order valence-corrected chi connectivity index (χ3v) is 4.31. The molecule has 2 rings (SSSR count). The molecule has 1 aromatic rings. The van der Waals surface area contributed by atoms with Gasteiger partial charge in [0.2, 0.25) is 0 Å². The van der Waals surface area contributed by atoms with Gasteiger partial charge in [-0.3, -0.25) is 4.79 Å². The van der Waals surface area contributed by atoms with Crippen LogP contribution in [0.15, 0.2) is 29.2 Å². The van der Waals surface area contributed by atoms with Crippen molar-refractivity contribution in [3.63, 3.8) is 0 Å². The summed E-state index contributed by atoms with van der Waals surface area (Å²) in [5.41, 5.74) is 0.869. The quantitative estimate of drug-likeness (QED) is 0.652. The van der Waals surface area contributed by atoms with Crippen LogP contribution in [0.25, 0.3) is 0 Å². The minimum atomic E-state index is 0.301. The third-order valence-electron chi connectivity index (χ3n) is 3.42. The Bertz CT molecular complexity index is 382. The number of ketones is 1. The molecule has 1 heterocycles. The average molecular weight is 263 g/mol. The molecule has 0 saturated carbocycles. The lowest BCUT2D eigenvalue weighted by Gasteiger charge is -2.21. The Morgan fingerprint density at radius 2 is 1.94 bits per heavy atom. The summed E-state index contributed by atoms with van der Waals surface area (Å²) in [6.45, 7) is 4.26. The summed E-state index contributed by atoms with van der Waals surface area (Å²) >= 11 is 1.81. The lowest BCUT2D eigenvalue weighted by molar-refractivity contribution is 0.0952. The van der Waals surface area contributed by atoms with Crippen molar-refractivity contribution in [3.8, 4) is 0 Å². The fourth-order valence-electron chi connectivity index (χ4n) is 2.37. The van der Waals surface area contributed by atoms with E-state index >= 15 is 0 Å². The van der Waals surface area contributed by atoms with Crippen LogP contribution in [-0.4, -0.2) is 24.6 Å². The zero-order chi connectivity index (χ0) is 12.8. The van der Waals surface area contributed by atoms with Gasteiger partial charge in [0.05, 0.1) is 0 Å². The van der Waals surface area contributed by atoms with E-state index in [1.54, 1.807) is 0 Å². The van der Waals surface area contributed by atoms with Crippen molar-refractivity contribution in [2.75, 3.05) is 18.8 Å². The molecule has 1 fully saturated rings. The largest absolute Gasteiger partial charge is 0.317 e. The maximum absolute atomic E-state index is 12.2. The lowest BCUT2D eigenvalue weighted by atomic mass is 9.91. The van der Waals surface area contributed by atoms with Gasteiger partial charge >= 0.3 is 0 Å². The van der Waals surface area contributed by atoms with Crippen molar-refractivity contribution in [3.05, 3.63) is 29.8 Å². The summed E-state index contributed by atoms with van der Waals surface area (Å²) in [5.74, 6) is 1.95. The molecule has 0 bridgehead atoms. The number of carbonyl (C=O) groups excluding carboxylic acids is 1. The number of nitrogens with one attached hydrogen (secondary N) is 1. The van der Waals surface area contributed by atoms with E-state index in [1.807, 2.05) is 23.9 Å². The van der Waals surface area contributed by atoms with Crippen LogP contribution in [0.5, 0.6) is 0 Å². The van der Waals surface area contributed by atoms with E-state index in [4.69, 9.17) is 0 Å². The van der Waals surface area contributed by atoms with E-state index in [9.17, 15) is 4.79 Å². The second kappa shape index (κ2) is 6.95. The SMILES string of the molecule is CCSc1ccc(C(=O)CC2CCNCC2)cc1. The normalized spacial score (nSPS) is 16.7. The topological polar surface area (TPSA) is 29.1 Å². The molecule has 1 aliphatic heterocycles. The van der Waals surface area contributed by atoms with Crippen LogP contribution in [0.2, 0.25) is 0 Å². The molecule has 18 heavy (non-hydrogen) atoms. The zero-order valence-corrected chi connectivity index (χ0v) is 11.8. The number of benzene rings is 1. The monoisotopic (exact) mass is 263 g/mol. The summed E-state index contributed by atoms with van der Waals surface area (Å²) in [5, 5.41) is 3.34. The molecule has 98 valence electrons. The van der Waals surface area contributed by atoms with Crippen molar-refractivity contribution in [2.24, 2.45) is 5.92 Å². The molecule has 0 amide bonds. The first kappa shape index (κ1) is 13.6. The van der Waals surface area contributed by atoms with E-state index in [1.165, 1.54) is 4.90 Å². The highest BCUT2D eigenvalue weighted by Gasteiger charge is 2.17. The maximum atomic E-state index is 12.2. The number of Topliss-reactive ketones (excluding diaryl/α,β-unsaturated/α-hetero) is 1. The first-order chi connectivity index (χ1) is 8.79. The van der Waals surface area contributed by atoms with E-state index in [0.29, 0.717) is 18.1 Å². The Kier molecular flexibility index (Phi) is 5.26. The molecule has 1 N–H and O–H groups in total. The highest BCUT2D eigenvalue weighted by atomic mass is 32.2. The van der Waals surface area contributed by atoms with Crippen LogP contribution in [0.3, 0.4) is 0 Å². The molecule has 0 unspecified atom stereocenters. The second-order valence-electron chi connectivity index (χ2n) is 4.78. The first-order valence-corrected chi connectivity index (χ1v) is 7.75. The summed E-state index contributed by atoms with van der Waals surface area (Å²) < 4.78 is 0. The highest BCUT2D eigenvalue weighted by molar-refractivity contribution is 7.99. The van der Waals surface area contributed by atoms with Gasteiger partial charge in [0.1, 0.15) is 0 Å².